The monoisotopic (exact) mass is 451 g/mol. The smallest absolute Gasteiger partial charge is 0.338 e. The number of likely N-dealkylation sites (N-methyl/N-ethyl adjacent to an activating group) is 1. The van der Waals surface area contributed by atoms with Crippen molar-refractivity contribution in [1.29, 1.82) is 0 Å². The van der Waals surface area contributed by atoms with E-state index in [4.69, 9.17) is 9.47 Å². The number of esters is 1. The molecule has 0 bridgehead atoms. The van der Waals surface area contributed by atoms with Gasteiger partial charge in [-0.05, 0) is 50.5 Å². The molecule has 1 aliphatic rings. The molecule has 0 atom stereocenters. The minimum atomic E-state index is -0.320. The second kappa shape index (κ2) is 10.8. The van der Waals surface area contributed by atoms with E-state index in [-0.39, 0.29) is 5.97 Å². The molecule has 4 rings (SSSR count). The second-order valence-corrected chi connectivity index (χ2v) is 8.60. The highest BCUT2D eigenvalue weighted by Gasteiger charge is 2.18. The van der Waals surface area contributed by atoms with Crippen molar-refractivity contribution >= 4 is 22.7 Å². The molecule has 1 aliphatic heterocycles. The normalized spacial score (nSPS) is 14.8. The van der Waals surface area contributed by atoms with Gasteiger partial charge in [0, 0.05) is 57.8 Å². The number of hydrogen-bond acceptors (Lipinski definition) is 7. The molecule has 0 spiro atoms. The summed E-state index contributed by atoms with van der Waals surface area (Å²) in [6, 6.07) is 14.1. The molecule has 3 aromatic rings. The highest BCUT2D eigenvalue weighted by atomic mass is 16.5. The molecule has 1 fully saturated rings. The Kier molecular flexibility index (Phi) is 7.59. The van der Waals surface area contributed by atoms with Crippen molar-refractivity contribution in [3.63, 3.8) is 0 Å². The van der Waals surface area contributed by atoms with E-state index in [1.165, 1.54) is 5.69 Å². The SMILES string of the molecule is COCCN1CCN(c2cccc(-n3cnc4cc(C(=O)OCCN(C)C)ccc43)c2)CC1. The first-order chi connectivity index (χ1) is 16.0. The summed E-state index contributed by atoms with van der Waals surface area (Å²) in [6.45, 7) is 6.89. The van der Waals surface area contributed by atoms with Crippen LogP contribution in [0.15, 0.2) is 48.8 Å². The van der Waals surface area contributed by atoms with E-state index in [0.29, 0.717) is 18.7 Å². The average Bonchev–Trinajstić information content (AvgIpc) is 3.26. The molecule has 0 aliphatic carbocycles. The maximum Gasteiger partial charge on any atom is 0.338 e. The summed E-state index contributed by atoms with van der Waals surface area (Å²) >= 11 is 0. The van der Waals surface area contributed by atoms with Gasteiger partial charge in [-0.1, -0.05) is 6.07 Å². The zero-order valence-corrected chi connectivity index (χ0v) is 19.7. The number of hydrogen-bond donors (Lipinski definition) is 0. The van der Waals surface area contributed by atoms with Crippen LogP contribution in [0.4, 0.5) is 5.69 Å². The van der Waals surface area contributed by atoms with Gasteiger partial charge in [-0.15, -0.1) is 0 Å². The van der Waals surface area contributed by atoms with Crippen molar-refractivity contribution in [2.75, 3.05) is 78.6 Å². The number of nitrogens with zero attached hydrogens (tertiary/aromatic N) is 5. The predicted octanol–water partition coefficient (Wildman–Crippen LogP) is 2.51. The molecule has 8 heteroatoms. The number of anilines is 1. The first kappa shape index (κ1) is 23.2. The molecular formula is C25H33N5O3. The predicted molar refractivity (Wildman–Crippen MR) is 130 cm³/mol. The zero-order valence-electron chi connectivity index (χ0n) is 19.7. The van der Waals surface area contributed by atoms with Crippen molar-refractivity contribution in [1.82, 2.24) is 19.4 Å². The highest BCUT2D eigenvalue weighted by molar-refractivity contribution is 5.94. The quantitative estimate of drug-likeness (QED) is 0.463. The average molecular weight is 452 g/mol. The Morgan fingerprint density at radius 2 is 1.82 bits per heavy atom. The molecule has 0 unspecified atom stereocenters. The number of aromatic nitrogens is 2. The number of carbonyl (C=O) groups is 1. The van der Waals surface area contributed by atoms with E-state index < -0.39 is 0 Å². The van der Waals surface area contributed by atoms with Gasteiger partial charge in [0.1, 0.15) is 12.9 Å². The van der Waals surface area contributed by atoms with Gasteiger partial charge in [-0.3, -0.25) is 9.47 Å². The molecule has 8 nitrogen and oxygen atoms in total. The van der Waals surface area contributed by atoms with Crippen molar-refractivity contribution in [3.8, 4) is 5.69 Å². The molecule has 2 aromatic carbocycles. The van der Waals surface area contributed by atoms with E-state index in [0.717, 1.165) is 56.1 Å². The molecular weight excluding hydrogens is 418 g/mol. The van der Waals surface area contributed by atoms with E-state index in [1.807, 2.05) is 37.5 Å². The third kappa shape index (κ3) is 5.71. The lowest BCUT2D eigenvalue weighted by atomic mass is 10.2. The molecule has 1 saturated heterocycles. The third-order valence-electron chi connectivity index (χ3n) is 6.01. The summed E-state index contributed by atoms with van der Waals surface area (Å²) < 4.78 is 12.6. The minimum absolute atomic E-state index is 0.320. The summed E-state index contributed by atoms with van der Waals surface area (Å²) in [5.41, 5.74) is 4.52. The summed E-state index contributed by atoms with van der Waals surface area (Å²) in [6.07, 6.45) is 1.81. The molecule has 33 heavy (non-hydrogen) atoms. The minimum Gasteiger partial charge on any atom is -0.461 e. The zero-order chi connectivity index (χ0) is 23.2. The van der Waals surface area contributed by atoms with E-state index >= 15 is 0 Å². The van der Waals surface area contributed by atoms with Gasteiger partial charge < -0.3 is 19.3 Å². The van der Waals surface area contributed by atoms with Gasteiger partial charge in [0.25, 0.3) is 0 Å². The van der Waals surface area contributed by atoms with Crippen molar-refractivity contribution in [2.24, 2.45) is 0 Å². The number of piperazine rings is 1. The Morgan fingerprint density at radius 3 is 2.58 bits per heavy atom. The first-order valence-corrected chi connectivity index (χ1v) is 11.4. The van der Waals surface area contributed by atoms with Crippen LogP contribution in [0.5, 0.6) is 0 Å². The Morgan fingerprint density at radius 1 is 1.03 bits per heavy atom. The molecule has 0 radical (unpaired) electrons. The Labute approximate surface area is 195 Å². The Balaban J connectivity index is 1.46. The van der Waals surface area contributed by atoms with Crippen LogP contribution in [0.3, 0.4) is 0 Å². The molecule has 1 aromatic heterocycles. The maximum atomic E-state index is 12.4. The molecule has 176 valence electrons. The summed E-state index contributed by atoms with van der Waals surface area (Å²) in [5.74, 6) is -0.320. The van der Waals surface area contributed by atoms with Gasteiger partial charge in [0.15, 0.2) is 0 Å². The van der Waals surface area contributed by atoms with Crippen LogP contribution in [0, 0.1) is 0 Å². The largest absolute Gasteiger partial charge is 0.461 e. The van der Waals surface area contributed by atoms with Crippen molar-refractivity contribution in [2.45, 2.75) is 0 Å². The standard InChI is InChI=1S/C25H33N5O3/c1-27(2)13-16-33-25(31)20-7-8-24-23(17-20)26-19-30(24)22-6-4-5-21(18-22)29-11-9-28(10-12-29)14-15-32-3/h4-8,17-19H,9-16H2,1-3H3. The summed E-state index contributed by atoms with van der Waals surface area (Å²) in [4.78, 5) is 23.7. The molecule has 0 saturated carbocycles. The number of fused-ring (bicyclic) bond motifs is 1. The first-order valence-electron chi connectivity index (χ1n) is 11.4. The second-order valence-electron chi connectivity index (χ2n) is 8.60. The van der Waals surface area contributed by atoms with Gasteiger partial charge in [-0.2, -0.15) is 0 Å². The lowest BCUT2D eigenvalue weighted by Gasteiger charge is -2.36. The number of ether oxygens (including phenoxy) is 2. The van der Waals surface area contributed by atoms with E-state index in [1.54, 1.807) is 13.2 Å². The molecule has 0 amide bonds. The fraction of sp³-hybridized carbons (Fsp3) is 0.440. The van der Waals surface area contributed by atoms with Gasteiger partial charge in [0.05, 0.1) is 23.2 Å². The fourth-order valence-electron chi connectivity index (χ4n) is 4.04. The number of methoxy groups -OCH3 is 1. The van der Waals surface area contributed by atoms with Gasteiger partial charge in [-0.25, -0.2) is 9.78 Å². The van der Waals surface area contributed by atoms with Crippen LogP contribution in [-0.4, -0.2) is 99.0 Å². The number of rotatable bonds is 9. The Bertz CT molecular complexity index is 1070. The van der Waals surface area contributed by atoms with Crippen LogP contribution in [-0.2, 0) is 9.47 Å². The lowest BCUT2D eigenvalue weighted by Crippen LogP contribution is -2.47. The lowest BCUT2D eigenvalue weighted by molar-refractivity contribution is 0.0482. The number of benzene rings is 2. The van der Waals surface area contributed by atoms with Gasteiger partial charge in [0.2, 0.25) is 0 Å². The van der Waals surface area contributed by atoms with Crippen LogP contribution < -0.4 is 4.90 Å². The van der Waals surface area contributed by atoms with Crippen LogP contribution in [0.2, 0.25) is 0 Å². The van der Waals surface area contributed by atoms with Crippen LogP contribution >= 0.6 is 0 Å². The maximum absolute atomic E-state index is 12.4. The highest BCUT2D eigenvalue weighted by Crippen LogP contribution is 2.24. The molecule has 0 N–H and O–H groups in total. The fourth-order valence-corrected chi connectivity index (χ4v) is 4.04. The van der Waals surface area contributed by atoms with E-state index in [9.17, 15) is 4.79 Å². The van der Waals surface area contributed by atoms with Crippen LogP contribution in [0.25, 0.3) is 16.7 Å². The van der Waals surface area contributed by atoms with Crippen molar-refractivity contribution < 1.29 is 14.3 Å². The Hall–Kier alpha value is -2.94. The van der Waals surface area contributed by atoms with Crippen molar-refractivity contribution in [3.05, 3.63) is 54.4 Å². The van der Waals surface area contributed by atoms with E-state index in [2.05, 4.69) is 43.6 Å². The topological polar surface area (TPSA) is 63.1 Å². The van der Waals surface area contributed by atoms with Crippen LogP contribution in [0.1, 0.15) is 10.4 Å². The third-order valence-corrected chi connectivity index (χ3v) is 6.01. The molecule has 2 heterocycles. The number of carbonyl (C=O) groups excluding carboxylic acids is 1. The summed E-state index contributed by atoms with van der Waals surface area (Å²) in [5, 5.41) is 0. The van der Waals surface area contributed by atoms with Gasteiger partial charge >= 0.3 is 5.97 Å². The number of imidazole rings is 1. The summed E-state index contributed by atoms with van der Waals surface area (Å²) in [7, 11) is 5.65.